The van der Waals surface area contributed by atoms with Gasteiger partial charge in [0.05, 0.1) is 0 Å². The molecule has 0 radical (unpaired) electrons. The van der Waals surface area contributed by atoms with Crippen molar-refractivity contribution in [1.29, 1.82) is 5.41 Å². The minimum absolute atomic E-state index is 0.147. The second-order valence-electron chi connectivity index (χ2n) is 7.44. The Kier molecular flexibility index (Phi) is 7.34. The highest BCUT2D eigenvalue weighted by Gasteiger charge is 2.29. The van der Waals surface area contributed by atoms with Gasteiger partial charge in [-0.2, -0.15) is 0 Å². The normalized spacial score (nSPS) is 21.4. The molecule has 4 rings (SSSR count). The fourth-order valence-electron chi connectivity index (χ4n) is 3.86. The van der Waals surface area contributed by atoms with E-state index in [1.807, 2.05) is 24.3 Å². The Bertz CT molecular complexity index is 753. The number of rotatable bonds is 4. The van der Waals surface area contributed by atoms with Gasteiger partial charge in [-0.05, 0) is 25.0 Å². The van der Waals surface area contributed by atoms with Crippen LogP contribution in [0.15, 0.2) is 24.3 Å². The van der Waals surface area contributed by atoms with Crippen molar-refractivity contribution in [2.45, 2.75) is 31.4 Å². The number of carboxylic acids is 2. The Morgan fingerprint density at radius 2 is 1.77 bits per heavy atom. The van der Waals surface area contributed by atoms with Crippen molar-refractivity contribution < 1.29 is 29.3 Å². The zero-order valence-electron chi connectivity index (χ0n) is 16.7. The first-order valence-corrected chi connectivity index (χ1v) is 10.1. The minimum Gasteiger partial charge on any atom is -0.486 e. The lowest BCUT2D eigenvalue weighted by atomic mass is 10.0. The van der Waals surface area contributed by atoms with E-state index in [-0.39, 0.29) is 6.10 Å². The summed E-state index contributed by atoms with van der Waals surface area (Å²) in [5, 5.41) is 25.8. The van der Waals surface area contributed by atoms with E-state index in [2.05, 4.69) is 15.1 Å². The van der Waals surface area contributed by atoms with Gasteiger partial charge < -0.3 is 34.8 Å². The number of nitrogens with one attached hydrogen (secondary N) is 2. The second kappa shape index (κ2) is 10.1. The number of ether oxygens (including phenoxy) is 2. The maximum absolute atomic E-state index is 9.10. The summed E-state index contributed by atoms with van der Waals surface area (Å²) < 4.78 is 11.8. The van der Waals surface area contributed by atoms with Crippen LogP contribution in [-0.2, 0) is 9.59 Å². The Hall–Kier alpha value is -3.01. The SMILES string of the molecule is N=C1NCCN1C1CCN(CCC2COc3ccccc3O2)CC1.O=C(O)C(=O)O. The van der Waals surface area contributed by atoms with Crippen LogP contribution in [0, 0.1) is 5.41 Å². The van der Waals surface area contributed by atoms with Crippen molar-refractivity contribution in [3.05, 3.63) is 24.3 Å². The van der Waals surface area contributed by atoms with Gasteiger partial charge in [0.25, 0.3) is 0 Å². The number of carboxylic acid groups (broad SMARTS) is 2. The minimum atomic E-state index is -1.82. The number of carbonyl (C=O) groups is 2. The van der Waals surface area contributed by atoms with Gasteiger partial charge in [0.15, 0.2) is 17.5 Å². The zero-order chi connectivity index (χ0) is 21.5. The van der Waals surface area contributed by atoms with E-state index in [1.54, 1.807) is 0 Å². The van der Waals surface area contributed by atoms with E-state index in [0.29, 0.717) is 18.6 Å². The van der Waals surface area contributed by atoms with E-state index >= 15 is 0 Å². The molecule has 0 bridgehead atoms. The maximum Gasteiger partial charge on any atom is 0.414 e. The molecule has 10 nitrogen and oxygen atoms in total. The van der Waals surface area contributed by atoms with Crippen molar-refractivity contribution in [2.75, 3.05) is 39.3 Å². The highest BCUT2D eigenvalue weighted by atomic mass is 16.6. The standard InChI is InChI=1S/C18H26N4O2.C2H2O4/c19-18-20-8-12-22(18)14-5-9-21(10-6-14)11-7-15-13-23-16-3-1-2-4-17(16)24-15;3-1(4)2(5)6/h1-4,14-15H,5-13H2,(H2,19,20);(H,3,4)(H,5,6). The van der Waals surface area contributed by atoms with E-state index in [1.165, 1.54) is 0 Å². The summed E-state index contributed by atoms with van der Waals surface area (Å²) in [5.74, 6) is -1.31. The van der Waals surface area contributed by atoms with Crippen LogP contribution < -0.4 is 14.8 Å². The molecule has 2 fully saturated rings. The van der Waals surface area contributed by atoms with Gasteiger partial charge in [-0.15, -0.1) is 0 Å². The first-order chi connectivity index (χ1) is 14.4. The lowest BCUT2D eigenvalue weighted by molar-refractivity contribution is -0.159. The number of para-hydroxylation sites is 2. The van der Waals surface area contributed by atoms with E-state index in [4.69, 9.17) is 34.7 Å². The van der Waals surface area contributed by atoms with E-state index < -0.39 is 11.9 Å². The maximum atomic E-state index is 9.10. The number of fused-ring (bicyclic) bond motifs is 1. The fourth-order valence-corrected chi connectivity index (χ4v) is 3.86. The number of hydrogen-bond donors (Lipinski definition) is 4. The number of guanidine groups is 1. The largest absolute Gasteiger partial charge is 0.486 e. The molecule has 1 atom stereocenters. The quantitative estimate of drug-likeness (QED) is 0.518. The molecule has 164 valence electrons. The molecular weight excluding hydrogens is 392 g/mol. The monoisotopic (exact) mass is 420 g/mol. The average Bonchev–Trinajstić information content (AvgIpc) is 3.18. The molecule has 3 aliphatic heterocycles. The Morgan fingerprint density at radius 3 is 2.37 bits per heavy atom. The van der Waals surface area contributed by atoms with Gasteiger partial charge in [-0.1, -0.05) is 12.1 Å². The van der Waals surface area contributed by atoms with Crippen molar-refractivity contribution in [2.24, 2.45) is 0 Å². The number of likely N-dealkylation sites (tertiary alicyclic amines) is 1. The summed E-state index contributed by atoms with van der Waals surface area (Å²) >= 11 is 0. The molecule has 0 aromatic heterocycles. The summed E-state index contributed by atoms with van der Waals surface area (Å²) in [6, 6.07) is 8.43. The fraction of sp³-hybridized carbons (Fsp3) is 0.550. The molecule has 1 unspecified atom stereocenters. The molecule has 10 heteroatoms. The van der Waals surface area contributed by atoms with Crippen LogP contribution >= 0.6 is 0 Å². The molecular formula is C20H28N4O6. The highest BCUT2D eigenvalue weighted by Crippen LogP contribution is 2.31. The molecule has 1 aromatic carbocycles. The number of piperidine rings is 1. The smallest absolute Gasteiger partial charge is 0.414 e. The van der Waals surface area contributed by atoms with Crippen LogP contribution in [-0.4, -0.2) is 89.4 Å². The third kappa shape index (κ3) is 5.76. The van der Waals surface area contributed by atoms with Gasteiger partial charge in [-0.25, -0.2) is 9.59 Å². The average molecular weight is 420 g/mol. The number of nitrogens with zero attached hydrogens (tertiary/aromatic N) is 2. The molecule has 1 aromatic rings. The molecule has 0 aliphatic carbocycles. The molecule has 30 heavy (non-hydrogen) atoms. The van der Waals surface area contributed by atoms with E-state index in [9.17, 15) is 0 Å². The van der Waals surface area contributed by atoms with Gasteiger partial charge >= 0.3 is 11.9 Å². The van der Waals surface area contributed by atoms with Crippen LogP contribution in [0.4, 0.5) is 0 Å². The lowest BCUT2D eigenvalue weighted by Gasteiger charge is -2.37. The third-order valence-electron chi connectivity index (χ3n) is 5.45. The Labute approximate surface area is 174 Å². The summed E-state index contributed by atoms with van der Waals surface area (Å²) in [4.78, 5) is 22.9. The third-order valence-corrected chi connectivity index (χ3v) is 5.45. The van der Waals surface area contributed by atoms with Gasteiger partial charge in [0.1, 0.15) is 12.7 Å². The number of benzene rings is 1. The molecule has 3 heterocycles. The topological polar surface area (TPSA) is 135 Å². The zero-order valence-corrected chi connectivity index (χ0v) is 16.7. The molecule has 0 saturated carbocycles. The summed E-state index contributed by atoms with van der Waals surface area (Å²) in [6.45, 7) is 5.82. The van der Waals surface area contributed by atoms with E-state index in [0.717, 1.165) is 63.5 Å². The molecule has 4 N–H and O–H groups in total. The summed E-state index contributed by atoms with van der Waals surface area (Å²) in [5.41, 5.74) is 0. The van der Waals surface area contributed by atoms with Crippen LogP contribution in [0.3, 0.4) is 0 Å². The summed E-state index contributed by atoms with van der Waals surface area (Å²) in [6.07, 6.45) is 3.44. The lowest BCUT2D eigenvalue weighted by Crippen LogP contribution is -2.47. The van der Waals surface area contributed by atoms with Gasteiger partial charge in [-0.3, -0.25) is 5.41 Å². The molecule has 3 aliphatic rings. The predicted molar refractivity (Wildman–Crippen MR) is 108 cm³/mol. The van der Waals surface area contributed by atoms with Crippen molar-refractivity contribution in [3.63, 3.8) is 0 Å². The van der Waals surface area contributed by atoms with Crippen LogP contribution in [0.25, 0.3) is 0 Å². The predicted octanol–water partition coefficient (Wildman–Crippen LogP) is 0.676. The van der Waals surface area contributed by atoms with Crippen molar-refractivity contribution in [1.82, 2.24) is 15.1 Å². The Balaban J connectivity index is 0.000000377. The van der Waals surface area contributed by atoms with Gasteiger partial charge in [0, 0.05) is 45.2 Å². The Morgan fingerprint density at radius 1 is 1.10 bits per heavy atom. The molecule has 0 amide bonds. The summed E-state index contributed by atoms with van der Waals surface area (Å²) in [7, 11) is 0. The van der Waals surface area contributed by atoms with Crippen LogP contribution in [0.1, 0.15) is 19.3 Å². The first-order valence-electron chi connectivity index (χ1n) is 10.1. The van der Waals surface area contributed by atoms with Crippen molar-refractivity contribution >= 4 is 17.9 Å². The van der Waals surface area contributed by atoms with Crippen LogP contribution in [0.2, 0.25) is 0 Å². The second-order valence-corrected chi connectivity index (χ2v) is 7.44. The number of aliphatic carboxylic acids is 2. The molecule has 0 spiro atoms. The highest BCUT2D eigenvalue weighted by molar-refractivity contribution is 6.27. The van der Waals surface area contributed by atoms with Crippen LogP contribution in [0.5, 0.6) is 11.5 Å². The first kappa shape index (κ1) is 21.7. The number of hydrogen-bond acceptors (Lipinski definition) is 6. The van der Waals surface area contributed by atoms with Crippen molar-refractivity contribution in [3.8, 4) is 11.5 Å². The van der Waals surface area contributed by atoms with Gasteiger partial charge in [0.2, 0.25) is 0 Å². The molecule has 2 saturated heterocycles.